The van der Waals surface area contributed by atoms with Gasteiger partial charge >= 0.3 is 0 Å². The van der Waals surface area contributed by atoms with Gasteiger partial charge in [-0.1, -0.05) is 62.7 Å². The summed E-state index contributed by atoms with van der Waals surface area (Å²) in [6.45, 7) is 7.19. The second-order valence-corrected chi connectivity index (χ2v) is 13.2. The molecule has 0 radical (unpaired) electrons. The molecule has 4 N–H and O–H groups in total. The van der Waals surface area contributed by atoms with Crippen LogP contribution in [0.25, 0.3) is 0 Å². The van der Waals surface area contributed by atoms with Crippen molar-refractivity contribution in [3.8, 4) is 0 Å². The van der Waals surface area contributed by atoms with Crippen LogP contribution in [0.2, 0.25) is 5.02 Å². The number of aliphatic imine (C=N–C) groups is 1. The van der Waals surface area contributed by atoms with Crippen LogP contribution in [0.15, 0.2) is 58.6 Å². The number of nitrogens with one attached hydrogen (secondary N) is 4. The van der Waals surface area contributed by atoms with Gasteiger partial charge in [0, 0.05) is 11.1 Å². The highest BCUT2D eigenvalue weighted by Crippen LogP contribution is 2.54. The molecule has 0 unspecified atom stereocenters. The highest BCUT2D eigenvalue weighted by Gasteiger charge is 2.55. The van der Waals surface area contributed by atoms with E-state index in [0.29, 0.717) is 39.5 Å². The number of hydrazine groups is 2. The van der Waals surface area contributed by atoms with Crippen molar-refractivity contribution in [1.82, 2.24) is 26.7 Å². The molecule has 2 aliphatic carbocycles. The standard InChI is InChI=1S/C31H38ClN7O2/c1-30(2,3)22-14-16-31(17-15-22)34-26(23-6-4-5-7-24(23)32)29(41)39(31)27(19-8-9-19)20-10-12-21(13-11-20)28(40)33-18-25-35-37-38-36-25/h4-7,10-13,19,22,27,37-38H,8-9,14-18H2,1-3H3,(H,33,40)(H,35,36)/t22?,27-,31?/m1/s1. The van der Waals surface area contributed by atoms with E-state index in [1.165, 1.54) is 0 Å². The number of rotatable bonds is 7. The third-order valence-corrected chi connectivity index (χ3v) is 9.39. The molecule has 4 aliphatic rings. The summed E-state index contributed by atoms with van der Waals surface area (Å²) < 4.78 is 0. The molecule has 216 valence electrons. The van der Waals surface area contributed by atoms with Crippen LogP contribution in [0, 0.1) is 17.3 Å². The van der Waals surface area contributed by atoms with E-state index in [4.69, 9.17) is 16.6 Å². The molecule has 1 spiro atoms. The van der Waals surface area contributed by atoms with E-state index in [9.17, 15) is 9.59 Å². The molecule has 9 nitrogen and oxygen atoms in total. The number of amidine groups is 1. The number of amides is 2. The quantitative estimate of drug-likeness (QED) is 0.382. The van der Waals surface area contributed by atoms with Crippen molar-refractivity contribution >= 4 is 35.0 Å². The SMILES string of the molecule is CC(C)(C)C1CCC2(CC1)N=C(c1ccccc1Cl)C(=O)N2[C@@H](c1ccc(C(=O)NCC2=NNNN2)cc1)C1CC1. The molecule has 0 bridgehead atoms. The molecular weight excluding hydrogens is 538 g/mol. The average Bonchev–Trinajstić information content (AvgIpc) is 3.59. The number of benzene rings is 2. The summed E-state index contributed by atoms with van der Waals surface area (Å²) in [5, 5.41) is 7.40. The number of halogens is 1. The lowest BCUT2D eigenvalue weighted by atomic mass is 9.69. The summed E-state index contributed by atoms with van der Waals surface area (Å²) in [5.41, 5.74) is 10.4. The predicted molar refractivity (Wildman–Crippen MR) is 160 cm³/mol. The minimum absolute atomic E-state index is 0.0434. The largest absolute Gasteiger partial charge is 0.345 e. The summed E-state index contributed by atoms with van der Waals surface area (Å²) in [5.74, 6) is 1.31. The fraction of sp³-hybridized carbons (Fsp3) is 0.484. The topological polar surface area (TPSA) is 110 Å². The van der Waals surface area contributed by atoms with Gasteiger partial charge in [-0.2, -0.15) is 0 Å². The molecule has 0 saturated heterocycles. The maximum absolute atomic E-state index is 14.4. The summed E-state index contributed by atoms with van der Waals surface area (Å²) in [4.78, 5) is 34.5. The van der Waals surface area contributed by atoms with E-state index in [1.807, 2.05) is 48.5 Å². The van der Waals surface area contributed by atoms with Crippen molar-refractivity contribution in [2.24, 2.45) is 27.3 Å². The number of hydrazone groups is 1. The first-order valence-electron chi connectivity index (χ1n) is 14.6. The van der Waals surface area contributed by atoms with Crippen LogP contribution in [0.1, 0.15) is 86.8 Å². The predicted octanol–water partition coefficient (Wildman–Crippen LogP) is 4.71. The third-order valence-electron chi connectivity index (χ3n) is 9.06. The first kappa shape index (κ1) is 27.7. The van der Waals surface area contributed by atoms with E-state index in [2.05, 4.69) is 52.6 Å². The van der Waals surface area contributed by atoms with Gasteiger partial charge < -0.3 is 10.2 Å². The third kappa shape index (κ3) is 5.45. The highest BCUT2D eigenvalue weighted by molar-refractivity contribution is 6.50. The van der Waals surface area contributed by atoms with Gasteiger partial charge in [-0.25, -0.2) is 5.53 Å². The second-order valence-electron chi connectivity index (χ2n) is 12.7. The number of nitrogens with zero attached hydrogens (tertiary/aromatic N) is 3. The lowest BCUT2D eigenvalue weighted by Gasteiger charge is -2.47. The number of hydrogen-bond acceptors (Lipinski definition) is 7. The fourth-order valence-electron chi connectivity index (χ4n) is 6.57. The van der Waals surface area contributed by atoms with E-state index in [1.54, 1.807) is 0 Å². The molecule has 2 aromatic carbocycles. The summed E-state index contributed by atoms with van der Waals surface area (Å²) >= 11 is 6.61. The molecule has 2 fully saturated rings. The molecule has 10 heteroatoms. The minimum Gasteiger partial charge on any atom is -0.345 e. The van der Waals surface area contributed by atoms with Crippen LogP contribution in [0.3, 0.4) is 0 Å². The monoisotopic (exact) mass is 575 g/mol. The van der Waals surface area contributed by atoms with Crippen LogP contribution < -0.4 is 21.8 Å². The number of carbonyl (C=O) groups excluding carboxylic acids is 2. The van der Waals surface area contributed by atoms with Gasteiger partial charge in [-0.15, -0.1) is 10.6 Å². The Morgan fingerprint density at radius 1 is 1.10 bits per heavy atom. The average molecular weight is 576 g/mol. The molecular formula is C31H38ClN7O2. The fourth-order valence-corrected chi connectivity index (χ4v) is 6.80. The molecule has 2 amide bonds. The van der Waals surface area contributed by atoms with Crippen LogP contribution in [0.4, 0.5) is 0 Å². The summed E-state index contributed by atoms with van der Waals surface area (Å²) in [6, 6.07) is 15.1. The maximum Gasteiger partial charge on any atom is 0.275 e. The Hall–Kier alpha value is -3.43. The molecule has 2 aromatic rings. The number of carbonyl (C=O) groups is 2. The summed E-state index contributed by atoms with van der Waals surface area (Å²) in [7, 11) is 0. The van der Waals surface area contributed by atoms with Gasteiger partial charge in [0.15, 0.2) is 5.84 Å². The Kier molecular flexibility index (Phi) is 7.28. The van der Waals surface area contributed by atoms with Gasteiger partial charge in [0.25, 0.3) is 11.8 Å². The van der Waals surface area contributed by atoms with Crippen LogP contribution in [-0.4, -0.2) is 40.5 Å². The minimum atomic E-state index is -0.590. The van der Waals surface area contributed by atoms with Gasteiger partial charge in [0.1, 0.15) is 11.4 Å². The number of hydrogen-bond donors (Lipinski definition) is 4. The maximum atomic E-state index is 14.4. The van der Waals surface area contributed by atoms with Gasteiger partial charge in [-0.3, -0.25) is 20.0 Å². The van der Waals surface area contributed by atoms with Crippen molar-refractivity contribution in [2.75, 3.05) is 6.54 Å². The first-order valence-corrected chi connectivity index (χ1v) is 14.9. The smallest absolute Gasteiger partial charge is 0.275 e. The lowest BCUT2D eigenvalue weighted by molar-refractivity contribution is -0.134. The normalized spacial score (nSPS) is 24.9. The molecule has 1 atom stereocenters. The van der Waals surface area contributed by atoms with Crippen LogP contribution >= 0.6 is 11.6 Å². The zero-order chi connectivity index (χ0) is 28.8. The Balaban J connectivity index is 1.31. The molecule has 2 heterocycles. The zero-order valence-electron chi connectivity index (χ0n) is 23.8. The van der Waals surface area contributed by atoms with Crippen LogP contribution in [0.5, 0.6) is 0 Å². The highest BCUT2D eigenvalue weighted by atomic mass is 35.5. The molecule has 41 heavy (non-hydrogen) atoms. The van der Waals surface area contributed by atoms with E-state index in [-0.39, 0.29) is 29.8 Å². The Bertz CT molecular complexity index is 1390. The van der Waals surface area contributed by atoms with E-state index >= 15 is 0 Å². The lowest BCUT2D eigenvalue weighted by Crippen LogP contribution is -2.52. The second kappa shape index (κ2) is 10.8. The zero-order valence-corrected chi connectivity index (χ0v) is 24.6. The molecule has 2 saturated carbocycles. The Morgan fingerprint density at radius 3 is 2.41 bits per heavy atom. The molecule has 6 rings (SSSR count). The van der Waals surface area contributed by atoms with Crippen molar-refractivity contribution in [3.05, 3.63) is 70.2 Å². The van der Waals surface area contributed by atoms with Crippen molar-refractivity contribution in [1.29, 1.82) is 0 Å². The Morgan fingerprint density at radius 2 is 1.80 bits per heavy atom. The summed E-state index contributed by atoms with van der Waals surface area (Å²) in [6.07, 6.45) is 5.84. The van der Waals surface area contributed by atoms with Crippen molar-refractivity contribution < 1.29 is 9.59 Å². The van der Waals surface area contributed by atoms with Crippen LogP contribution in [-0.2, 0) is 4.79 Å². The van der Waals surface area contributed by atoms with Crippen molar-refractivity contribution in [2.45, 2.75) is 71.0 Å². The molecule has 2 aliphatic heterocycles. The van der Waals surface area contributed by atoms with E-state index < -0.39 is 5.66 Å². The van der Waals surface area contributed by atoms with E-state index in [0.717, 1.165) is 44.1 Å². The van der Waals surface area contributed by atoms with Gasteiger partial charge in [0.2, 0.25) is 0 Å². The Labute approximate surface area is 246 Å². The molecule has 0 aromatic heterocycles. The van der Waals surface area contributed by atoms with Gasteiger partial charge in [-0.05, 0) is 79.5 Å². The first-order chi connectivity index (χ1) is 19.7. The van der Waals surface area contributed by atoms with Gasteiger partial charge in [0.05, 0.1) is 17.6 Å². The van der Waals surface area contributed by atoms with Crippen molar-refractivity contribution in [3.63, 3.8) is 0 Å².